The van der Waals surface area contributed by atoms with Gasteiger partial charge in [0, 0.05) is 16.6 Å². The largest absolute Gasteiger partial charge is 0.456 e. The minimum absolute atomic E-state index is 0.762. The molecule has 0 saturated heterocycles. The average Bonchev–Trinajstić information content (AvgIpc) is 2.36. The predicted molar refractivity (Wildman–Crippen MR) is 85.9 cm³/mol. The molecule has 0 fully saturated rings. The summed E-state index contributed by atoms with van der Waals surface area (Å²) in [4.78, 5) is 0. The van der Waals surface area contributed by atoms with E-state index in [2.05, 4.69) is 50.2 Å². The number of aryl methyl sites for hydroxylation is 1. The fourth-order valence-corrected chi connectivity index (χ4v) is 2.77. The zero-order valence-electron chi connectivity index (χ0n) is 10.8. The van der Waals surface area contributed by atoms with Crippen molar-refractivity contribution in [1.29, 1.82) is 0 Å². The lowest BCUT2D eigenvalue weighted by molar-refractivity contribution is 0.471. The van der Waals surface area contributed by atoms with E-state index in [1.165, 1.54) is 5.56 Å². The summed E-state index contributed by atoms with van der Waals surface area (Å²) in [6, 6.07) is 12.1. The molecular formula is C15H15Br2NO. The Balaban J connectivity index is 2.32. The molecule has 0 amide bonds. The molecule has 19 heavy (non-hydrogen) atoms. The molecule has 0 radical (unpaired) electrons. The summed E-state index contributed by atoms with van der Waals surface area (Å²) >= 11 is 7.02. The molecule has 0 heterocycles. The van der Waals surface area contributed by atoms with Gasteiger partial charge in [0.1, 0.15) is 11.5 Å². The van der Waals surface area contributed by atoms with E-state index in [0.29, 0.717) is 0 Å². The lowest BCUT2D eigenvalue weighted by Crippen LogP contribution is -2.06. The fraction of sp³-hybridized carbons (Fsp3) is 0.200. The van der Waals surface area contributed by atoms with Gasteiger partial charge >= 0.3 is 0 Å². The Hall–Kier alpha value is -0.840. The van der Waals surface area contributed by atoms with Gasteiger partial charge in [0.05, 0.1) is 4.47 Å². The summed E-state index contributed by atoms with van der Waals surface area (Å²) in [6.45, 7) is 2.82. The summed E-state index contributed by atoms with van der Waals surface area (Å²) in [5, 5.41) is 3.15. The number of hydrogen-bond acceptors (Lipinski definition) is 2. The second kappa shape index (κ2) is 6.55. The van der Waals surface area contributed by atoms with Crippen LogP contribution in [0.4, 0.5) is 0 Å². The lowest BCUT2D eigenvalue weighted by atomic mass is 10.2. The van der Waals surface area contributed by atoms with Crippen LogP contribution >= 0.6 is 31.9 Å². The van der Waals surface area contributed by atoms with Crippen LogP contribution in [0.2, 0.25) is 0 Å². The molecule has 0 aliphatic rings. The second-order valence-corrected chi connectivity index (χ2v) is 6.09. The maximum absolute atomic E-state index is 6.00. The van der Waals surface area contributed by atoms with Crippen molar-refractivity contribution in [1.82, 2.24) is 5.32 Å². The first kappa shape index (κ1) is 14.6. The molecule has 0 bridgehead atoms. The smallest absolute Gasteiger partial charge is 0.141 e. The third kappa shape index (κ3) is 3.81. The highest BCUT2D eigenvalue weighted by molar-refractivity contribution is 9.10. The SMILES string of the molecule is CNCc1cc(Br)ccc1Oc1ccc(C)cc1Br. The van der Waals surface area contributed by atoms with Gasteiger partial charge in [0.25, 0.3) is 0 Å². The molecule has 0 aromatic heterocycles. The van der Waals surface area contributed by atoms with Gasteiger partial charge in [-0.3, -0.25) is 0 Å². The van der Waals surface area contributed by atoms with Crippen molar-refractivity contribution in [3.05, 3.63) is 56.5 Å². The molecular weight excluding hydrogens is 370 g/mol. The predicted octanol–water partition coefficient (Wildman–Crippen LogP) is 5.03. The first-order valence-electron chi connectivity index (χ1n) is 5.97. The lowest BCUT2D eigenvalue weighted by Gasteiger charge is -2.13. The molecule has 2 aromatic rings. The van der Waals surface area contributed by atoms with Crippen LogP contribution in [0.15, 0.2) is 45.3 Å². The van der Waals surface area contributed by atoms with E-state index >= 15 is 0 Å². The van der Waals surface area contributed by atoms with Crippen LogP contribution in [0.5, 0.6) is 11.5 Å². The third-order valence-corrected chi connectivity index (χ3v) is 3.81. The fourth-order valence-electron chi connectivity index (χ4n) is 1.78. The third-order valence-electron chi connectivity index (χ3n) is 2.70. The molecule has 1 N–H and O–H groups in total. The van der Waals surface area contributed by atoms with Crippen molar-refractivity contribution < 1.29 is 4.74 Å². The number of halogens is 2. The molecule has 100 valence electrons. The van der Waals surface area contributed by atoms with Crippen LogP contribution < -0.4 is 10.1 Å². The van der Waals surface area contributed by atoms with E-state index in [1.807, 2.05) is 37.4 Å². The van der Waals surface area contributed by atoms with Gasteiger partial charge in [-0.15, -0.1) is 0 Å². The molecule has 0 aliphatic heterocycles. The van der Waals surface area contributed by atoms with Crippen molar-refractivity contribution in [3.8, 4) is 11.5 Å². The Bertz CT molecular complexity index is 584. The average molecular weight is 385 g/mol. The first-order valence-corrected chi connectivity index (χ1v) is 7.56. The Labute approximate surface area is 130 Å². The normalized spacial score (nSPS) is 10.5. The molecule has 0 saturated carbocycles. The van der Waals surface area contributed by atoms with Gasteiger partial charge in [-0.1, -0.05) is 22.0 Å². The molecule has 0 aliphatic carbocycles. The van der Waals surface area contributed by atoms with Crippen molar-refractivity contribution >= 4 is 31.9 Å². The van der Waals surface area contributed by atoms with E-state index in [-0.39, 0.29) is 0 Å². The maximum Gasteiger partial charge on any atom is 0.141 e. The second-order valence-electron chi connectivity index (χ2n) is 4.32. The monoisotopic (exact) mass is 383 g/mol. The molecule has 2 rings (SSSR count). The summed E-state index contributed by atoms with van der Waals surface area (Å²) in [5.41, 5.74) is 2.31. The Morgan fingerprint density at radius 2 is 1.79 bits per heavy atom. The van der Waals surface area contributed by atoms with Gasteiger partial charge < -0.3 is 10.1 Å². The van der Waals surface area contributed by atoms with Crippen LogP contribution in [-0.2, 0) is 6.54 Å². The summed E-state index contributed by atoms with van der Waals surface area (Å²) < 4.78 is 8.01. The van der Waals surface area contributed by atoms with Crippen molar-refractivity contribution in [2.24, 2.45) is 0 Å². The molecule has 0 atom stereocenters. The zero-order valence-corrected chi connectivity index (χ0v) is 14.0. The summed E-state index contributed by atoms with van der Waals surface area (Å²) in [5.74, 6) is 1.69. The van der Waals surface area contributed by atoms with Gasteiger partial charge in [-0.25, -0.2) is 0 Å². The number of ether oxygens (including phenoxy) is 1. The first-order chi connectivity index (χ1) is 9.10. The van der Waals surface area contributed by atoms with Crippen molar-refractivity contribution in [2.75, 3.05) is 7.05 Å². The summed E-state index contributed by atoms with van der Waals surface area (Å²) in [6.07, 6.45) is 0. The van der Waals surface area contributed by atoms with Gasteiger partial charge in [-0.05, 0) is 65.8 Å². The minimum Gasteiger partial charge on any atom is -0.456 e. The Kier molecular flexibility index (Phi) is 5.02. The van der Waals surface area contributed by atoms with Crippen LogP contribution in [0, 0.1) is 6.92 Å². The van der Waals surface area contributed by atoms with E-state index in [9.17, 15) is 0 Å². The standard InChI is InChI=1S/C15H15Br2NO/c1-10-3-5-15(13(17)7-10)19-14-6-4-12(16)8-11(14)9-18-2/h3-8,18H,9H2,1-2H3. The number of rotatable bonds is 4. The van der Waals surface area contributed by atoms with Crippen LogP contribution in [0.25, 0.3) is 0 Å². The number of hydrogen-bond donors (Lipinski definition) is 1. The van der Waals surface area contributed by atoms with Crippen LogP contribution in [0.1, 0.15) is 11.1 Å². The highest BCUT2D eigenvalue weighted by Gasteiger charge is 2.08. The maximum atomic E-state index is 6.00. The van der Waals surface area contributed by atoms with Gasteiger partial charge in [-0.2, -0.15) is 0 Å². The zero-order chi connectivity index (χ0) is 13.8. The van der Waals surface area contributed by atoms with Crippen molar-refractivity contribution in [2.45, 2.75) is 13.5 Å². The molecule has 2 aromatic carbocycles. The molecule has 4 heteroatoms. The van der Waals surface area contributed by atoms with Crippen molar-refractivity contribution in [3.63, 3.8) is 0 Å². The van der Waals surface area contributed by atoms with E-state index in [0.717, 1.165) is 32.6 Å². The summed E-state index contributed by atoms with van der Waals surface area (Å²) in [7, 11) is 1.92. The van der Waals surface area contributed by atoms with Gasteiger partial charge in [0.15, 0.2) is 0 Å². The number of nitrogens with one attached hydrogen (secondary N) is 1. The van der Waals surface area contributed by atoms with E-state index in [4.69, 9.17) is 4.74 Å². The highest BCUT2D eigenvalue weighted by atomic mass is 79.9. The number of benzene rings is 2. The highest BCUT2D eigenvalue weighted by Crippen LogP contribution is 2.33. The van der Waals surface area contributed by atoms with E-state index in [1.54, 1.807) is 0 Å². The van der Waals surface area contributed by atoms with Crippen LogP contribution in [-0.4, -0.2) is 7.05 Å². The molecule has 2 nitrogen and oxygen atoms in total. The topological polar surface area (TPSA) is 21.3 Å². The Morgan fingerprint density at radius 1 is 1.05 bits per heavy atom. The quantitative estimate of drug-likeness (QED) is 0.797. The molecule has 0 unspecified atom stereocenters. The Morgan fingerprint density at radius 3 is 2.47 bits per heavy atom. The van der Waals surface area contributed by atoms with Crippen LogP contribution in [0.3, 0.4) is 0 Å². The van der Waals surface area contributed by atoms with Gasteiger partial charge in [0.2, 0.25) is 0 Å². The minimum atomic E-state index is 0.762. The van der Waals surface area contributed by atoms with E-state index < -0.39 is 0 Å². The molecule has 0 spiro atoms.